The number of hydrogen-bond donors (Lipinski definition) is 0. The van der Waals surface area contributed by atoms with Gasteiger partial charge in [0.05, 0.1) is 13.2 Å². The molecule has 0 N–H and O–H groups in total. The Kier molecular flexibility index (Phi) is 4.72. The largest absolute Gasteiger partial charge is 0.491 e. The molecule has 1 aliphatic rings. The summed E-state index contributed by atoms with van der Waals surface area (Å²) in [7, 11) is 0. The molecule has 1 aromatic rings. The summed E-state index contributed by atoms with van der Waals surface area (Å²) < 4.78 is 15.8. The van der Waals surface area contributed by atoms with Gasteiger partial charge in [-0.15, -0.1) is 4.99 Å². The van der Waals surface area contributed by atoms with Crippen molar-refractivity contribution in [1.29, 1.82) is 0 Å². The molecule has 0 aromatic heterocycles. The van der Waals surface area contributed by atoms with Crippen molar-refractivity contribution in [1.82, 2.24) is 0 Å². The highest BCUT2D eigenvalue weighted by Crippen LogP contribution is 2.17. The predicted molar refractivity (Wildman–Crippen MR) is 69.4 cm³/mol. The third kappa shape index (κ3) is 4.58. The molecule has 2 rings (SSSR count). The van der Waals surface area contributed by atoms with E-state index in [2.05, 4.69) is 4.99 Å². The Hall–Kier alpha value is -2.10. The van der Waals surface area contributed by atoms with Crippen LogP contribution in [0.2, 0.25) is 0 Å². The summed E-state index contributed by atoms with van der Waals surface area (Å²) in [6, 6.07) is 7.43. The van der Waals surface area contributed by atoms with Crippen molar-refractivity contribution < 1.29 is 19.0 Å². The van der Waals surface area contributed by atoms with Gasteiger partial charge in [0, 0.05) is 6.08 Å². The minimum atomic E-state index is 0.242. The van der Waals surface area contributed by atoms with Crippen LogP contribution in [0.4, 0.5) is 0 Å². The zero-order valence-corrected chi connectivity index (χ0v) is 10.7. The molecule has 0 spiro atoms. The second-order valence-corrected chi connectivity index (χ2v) is 3.95. The van der Waals surface area contributed by atoms with Gasteiger partial charge in [0.15, 0.2) is 0 Å². The summed E-state index contributed by atoms with van der Waals surface area (Å²) >= 11 is 0. The third-order valence-electron chi connectivity index (χ3n) is 2.46. The van der Waals surface area contributed by atoms with E-state index in [1.54, 1.807) is 6.08 Å². The normalized spacial score (nSPS) is 17.5. The van der Waals surface area contributed by atoms with E-state index >= 15 is 0 Å². The van der Waals surface area contributed by atoms with Gasteiger partial charge in [0.2, 0.25) is 12.0 Å². The van der Waals surface area contributed by atoms with Gasteiger partial charge in [-0.1, -0.05) is 12.1 Å². The van der Waals surface area contributed by atoms with Gasteiger partial charge in [-0.05, 0) is 24.6 Å². The molecule has 1 aromatic carbocycles. The molecule has 5 nitrogen and oxygen atoms in total. The summed E-state index contributed by atoms with van der Waals surface area (Å²) in [4.78, 5) is 13.7. The molecular formula is C14H15NO4. The van der Waals surface area contributed by atoms with Crippen molar-refractivity contribution in [2.45, 2.75) is 13.0 Å². The van der Waals surface area contributed by atoms with E-state index in [9.17, 15) is 4.79 Å². The van der Waals surface area contributed by atoms with Crippen LogP contribution in [0, 0.1) is 0 Å². The Balaban J connectivity index is 1.98. The molecular weight excluding hydrogens is 246 g/mol. The first-order valence-electron chi connectivity index (χ1n) is 6.08. The maximum absolute atomic E-state index is 10.2. The summed E-state index contributed by atoms with van der Waals surface area (Å²) in [6.45, 7) is 3.63. The maximum atomic E-state index is 10.2. The molecule has 1 heterocycles. The second kappa shape index (κ2) is 6.73. The Morgan fingerprint density at radius 3 is 2.84 bits per heavy atom. The SMILES string of the molecule is CCOC(=Cc1ccc(OCC2CO2)cc1)N=C=O. The van der Waals surface area contributed by atoms with Crippen molar-refractivity contribution in [3.63, 3.8) is 0 Å². The van der Waals surface area contributed by atoms with Gasteiger partial charge in [-0.2, -0.15) is 0 Å². The molecule has 1 fully saturated rings. The van der Waals surface area contributed by atoms with E-state index < -0.39 is 0 Å². The Labute approximate surface area is 111 Å². The minimum absolute atomic E-state index is 0.242. The number of hydrogen-bond acceptors (Lipinski definition) is 5. The molecule has 5 heteroatoms. The van der Waals surface area contributed by atoms with Gasteiger partial charge in [0.1, 0.15) is 18.5 Å². The van der Waals surface area contributed by atoms with Crippen molar-refractivity contribution in [3.05, 3.63) is 35.7 Å². The van der Waals surface area contributed by atoms with Gasteiger partial charge in [-0.3, -0.25) is 0 Å². The zero-order chi connectivity index (χ0) is 13.5. The van der Waals surface area contributed by atoms with Crippen LogP contribution in [0.1, 0.15) is 12.5 Å². The average Bonchev–Trinajstić information content (AvgIpc) is 3.23. The van der Waals surface area contributed by atoms with Crippen LogP contribution < -0.4 is 4.74 Å². The van der Waals surface area contributed by atoms with E-state index in [-0.39, 0.29) is 12.0 Å². The Morgan fingerprint density at radius 1 is 1.53 bits per heavy atom. The van der Waals surface area contributed by atoms with E-state index in [1.165, 1.54) is 6.08 Å². The fraction of sp³-hybridized carbons (Fsp3) is 0.357. The molecule has 0 amide bonds. The van der Waals surface area contributed by atoms with E-state index in [0.29, 0.717) is 13.2 Å². The van der Waals surface area contributed by atoms with E-state index in [0.717, 1.165) is 17.9 Å². The predicted octanol–water partition coefficient (Wildman–Crippen LogP) is 2.13. The summed E-state index contributed by atoms with van der Waals surface area (Å²) in [5.74, 6) is 1.03. The molecule has 1 aliphatic heterocycles. The van der Waals surface area contributed by atoms with E-state index in [4.69, 9.17) is 14.2 Å². The molecule has 100 valence electrons. The van der Waals surface area contributed by atoms with Crippen molar-refractivity contribution in [3.8, 4) is 5.75 Å². The van der Waals surface area contributed by atoms with Crippen LogP contribution in [0.25, 0.3) is 6.08 Å². The number of aliphatic imine (C=N–C) groups is 1. The highest BCUT2D eigenvalue weighted by atomic mass is 16.6. The number of nitrogens with zero attached hydrogens (tertiary/aromatic N) is 1. The topological polar surface area (TPSA) is 60.4 Å². The van der Waals surface area contributed by atoms with Crippen LogP contribution in [0.3, 0.4) is 0 Å². The summed E-state index contributed by atoms with van der Waals surface area (Å²) in [5, 5.41) is 0. The minimum Gasteiger partial charge on any atom is -0.491 e. The smallest absolute Gasteiger partial charge is 0.243 e. The van der Waals surface area contributed by atoms with Crippen molar-refractivity contribution >= 4 is 12.2 Å². The average molecular weight is 261 g/mol. The van der Waals surface area contributed by atoms with Crippen molar-refractivity contribution in [2.75, 3.05) is 19.8 Å². The molecule has 0 bridgehead atoms. The van der Waals surface area contributed by atoms with Crippen LogP contribution in [-0.4, -0.2) is 32.0 Å². The zero-order valence-electron chi connectivity index (χ0n) is 10.7. The second-order valence-electron chi connectivity index (χ2n) is 3.95. The lowest BCUT2D eigenvalue weighted by Crippen LogP contribution is -2.03. The fourth-order valence-corrected chi connectivity index (χ4v) is 1.46. The first-order chi connectivity index (χ1) is 9.31. The lowest BCUT2D eigenvalue weighted by atomic mass is 10.2. The lowest BCUT2D eigenvalue weighted by Gasteiger charge is -2.05. The monoisotopic (exact) mass is 261 g/mol. The molecule has 0 saturated carbocycles. The van der Waals surface area contributed by atoms with Gasteiger partial charge < -0.3 is 14.2 Å². The van der Waals surface area contributed by atoms with Crippen LogP contribution in [0.15, 0.2) is 35.1 Å². The Morgan fingerprint density at radius 2 is 2.26 bits per heavy atom. The number of benzene rings is 1. The van der Waals surface area contributed by atoms with Crippen LogP contribution in [0.5, 0.6) is 5.75 Å². The number of isocyanates is 1. The van der Waals surface area contributed by atoms with Crippen LogP contribution >= 0.6 is 0 Å². The van der Waals surface area contributed by atoms with Gasteiger partial charge >= 0.3 is 0 Å². The van der Waals surface area contributed by atoms with Gasteiger partial charge in [-0.25, -0.2) is 4.79 Å². The van der Waals surface area contributed by atoms with Crippen LogP contribution in [-0.2, 0) is 14.3 Å². The highest BCUT2D eigenvalue weighted by Gasteiger charge is 2.22. The molecule has 1 unspecified atom stereocenters. The van der Waals surface area contributed by atoms with Gasteiger partial charge in [0.25, 0.3) is 0 Å². The fourth-order valence-electron chi connectivity index (χ4n) is 1.46. The molecule has 19 heavy (non-hydrogen) atoms. The maximum Gasteiger partial charge on any atom is 0.243 e. The number of epoxide rings is 1. The first-order valence-corrected chi connectivity index (χ1v) is 6.08. The first kappa shape index (κ1) is 13.3. The third-order valence-corrected chi connectivity index (χ3v) is 2.46. The highest BCUT2D eigenvalue weighted by molar-refractivity contribution is 5.54. The number of carbonyl (C=O) groups excluding carboxylic acids is 1. The number of ether oxygens (including phenoxy) is 3. The Bertz CT molecular complexity index is 485. The standard InChI is InChI=1S/C14H15NO4/c1-2-17-14(15-10-16)7-11-3-5-12(6-4-11)18-8-13-9-19-13/h3-7,13H,2,8-9H2,1H3. The molecule has 1 saturated heterocycles. The van der Waals surface area contributed by atoms with Crippen molar-refractivity contribution in [2.24, 2.45) is 4.99 Å². The summed E-state index contributed by atoms with van der Waals surface area (Å²) in [6.07, 6.45) is 3.38. The number of rotatable bonds is 7. The molecule has 0 aliphatic carbocycles. The summed E-state index contributed by atoms with van der Waals surface area (Å²) in [5.41, 5.74) is 0.873. The molecule has 0 radical (unpaired) electrons. The molecule has 1 atom stereocenters. The van der Waals surface area contributed by atoms with E-state index in [1.807, 2.05) is 31.2 Å². The lowest BCUT2D eigenvalue weighted by molar-refractivity contribution is 0.230. The quantitative estimate of drug-likeness (QED) is 0.326.